The van der Waals surface area contributed by atoms with Gasteiger partial charge in [0.05, 0.1) is 23.4 Å². The SMILES string of the molecule is CCOC(=O)C(C(=O)OCC)C(OC)Sc1nc2ccccc2s1. The van der Waals surface area contributed by atoms with Gasteiger partial charge >= 0.3 is 11.9 Å². The minimum atomic E-state index is -1.16. The number of hydrogen-bond acceptors (Lipinski definition) is 8. The third-order valence-electron chi connectivity index (χ3n) is 3.08. The van der Waals surface area contributed by atoms with E-state index in [-0.39, 0.29) is 13.2 Å². The number of para-hydroxylation sites is 1. The molecule has 6 nitrogen and oxygen atoms in total. The molecular formula is C16H19NO5S2. The quantitative estimate of drug-likeness (QED) is 0.306. The first kappa shape index (κ1) is 18.7. The van der Waals surface area contributed by atoms with Crippen LogP contribution in [0.4, 0.5) is 0 Å². The van der Waals surface area contributed by atoms with Crippen LogP contribution in [0.15, 0.2) is 28.6 Å². The molecule has 0 aliphatic heterocycles. The number of esters is 2. The van der Waals surface area contributed by atoms with Crippen molar-refractivity contribution in [3.8, 4) is 0 Å². The van der Waals surface area contributed by atoms with Gasteiger partial charge in [-0.05, 0) is 26.0 Å². The van der Waals surface area contributed by atoms with Gasteiger partial charge in [0.1, 0.15) is 5.44 Å². The molecular weight excluding hydrogens is 350 g/mol. The van der Waals surface area contributed by atoms with Crippen LogP contribution >= 0.6 is 23.1 Å². The molecule has 1 unspecified atom stereocenters. The standard InChI is InChI=1S/C16H19NO5S2/c1-4-21-13(18)12(14(19)22-5-2)15(20-3)24-16-17-10-8-6-7-9-11(10)23-16/h6-9,12,15H,4-5H2,1-3H3. The Balaban J connectivity index is 2.23. The highest BCUT2D eigenvalue weighted by Crippen LogP contribution is 2.35. The molecule has 1 aromatic heterocycles. The Bertz CT molecular complexity index is 652. The topological polar surface area (TPSA) is 74.7 Å². The van der Waals surface area contributed by atoms with E-state index in [2.05, 4.69) is 4.98 Å². The number of nitrogens with zero attached hydrogens (tertiary/aromatic N) is 1. The van der Waals surface area contributed by atoms with Crippen molar-refractivity contribution in [2.24, 2.45) is 5.92 Å². The highest BCUT2D eigenvalue weighted by Gasteiger charge is 2.39. The summed E-state index contributed by atoms with van der Waals surface area (Å²) >= 11 is 2.69. The number of hydrogen-bond donors (Lipinski definition) is 0. The number of carbonyl (C=O) groups excluding carboxylic acids is 2. The van der Waals surface area contributed by atoms with Crippen molar-refractivity contribution >= 4 is 45.3 Å². The zero-order valence-corrected chi connectivity index (χ0v) is 15.3. The number of ether oxygens (including phenoxy) is 3. The molecule has 0 saturated carbocycles. The molecule has 0 fully saturated rings. The second kappa shape index (κ2) is 9.00. The molecule has 0 aliphatic rings. The number of methoxy groups -OCH3 is 1. The molecule has 0 aliphatic carbocycles. The van der Waals surface area contributed by atoms with Gasteiger partial charge in [-0.1, -0.05) is 23.9 Å². The highest BCUT2D eigenvalue weighted by molar-refractivity contribution is 8.01. The fourth-order valence-electron chi connectivity index (χ4n) is 2.04. The number of benzene rings is 1. The van der Waals surface area contributed by atoms with Gasteiger partial charge in [-0.25, -0.2) is 4.98 Å². The van der Waals surface area contributed by atoms with Gasteiger partial charge in [0.15, 0.2) is 10.3 Å². The molecule has 0 bridgehead atoms. The number of aromatic nitrogens is 1. The van der Waals surface area contributed by atoms with Crippen LogP contribution in [-0.2, 0) is 23.8 Å². The van der Waals surface area contributed by atoms with Crippen LogP contribution in [0.1, 0.15) is 13.8 Å². The maximum Gasteiger partial charge on any atom is 0.323 e. The predicted molar refractivity (Wildman–Crippen MR) is 93.0 cm³/mol. The molecule has 24 heavy (non-hydrogen) atoms. The van der Waals surface area contributed by atoms with Crippen LogP contribution in [0.3, 0.4) is 0 Å². The summed E-state index contributed by atoms with van der Waals surface area (Å²) in [6.07, 6.45) is 0. The fraction of sp³-hybridized carbons (Fsp3) is 0.438. The Morgan fingerprint density at radius 1 is 1.17 bits per heavy atom. The predicted octanol–water partition coefficient (Wildman–Crippen LogP) is 3.10. The van der Waals surface area contributed by atoms with Gasteiger partial charge in [-0.3, -0.25) is 9.59 Å². The van der Waals surface area contributed by atoms with E-state index in [1.54, 1.807) is 13.8 Å². The Kier molecular flexibility index (Phi) is 7.01. The van der Waals surface area contributed by atoms with Gasteiger partial charge < -0.3 is 14.2 Å². The Hall–Kier alpha value is -1.64. The molecule has 1 aromatic carbocycles. The van der Waals surface area contributed by atoms with Crippen molar-refractivity contribution in [3.63, 3.8) is 0 Å². The van der Waals surface area contributed by atoms with Crippen LogP contribution < -0.4 is 0 Å². The Labute approximate surface area is 148 Å². The monoisotopic (exact) mass is 369 g/mol. The molecule has 1 atom stereocenters. The molecule has 0 amide bonds. The molecule has 2 aromatic rings. The van der Waals surface area contributed by atoms with Gasteiger partial charge in [0, 0.05) is 7.11 Å². The van der Waals surface area contributed by atoms with Crippen molar-refractivity contribution in [1.82, 2.24) is 4.98 Å². The number of thiazole rings is 1. The van der Waals surface area contributed by atoms with Crippen LogP contribution in [0.5, 0.6) is 0 Å². The highest BCUT2D eigenvalue weighted by atomic mass is 32.2. The van der Waals surface area contributed by atoms with Crippen molar-refractivity contribution in [1.29, 1.82) is 0 Å². The number of thioether (sulfide) groups is 1. The fourth-order valence-corrected chi connectivity index (χ4v) is 4.28. The average Bonchev–Trinajstić information content (AvgIpc) is 2.97. The lowest BCUT2D eigenvalue weighted by atomic mass is 10.1. The van der Waals surface area contributed by atoms with E-state index in [4.69, 9.17) is 14.2 Å². The zero-order valence-electron chi connectivity index (χ0n) is 13.7. The summed E-state index contributed by atoms with van der Waals surface area (Å²) in [5.74, 6) is -2.47. The normalized spacial score (nSPS) is 12.3. The van der Waals surface area contributed by atoms with E-state index in [9.17, 15) is 9.59 Å². The molecule has 0 N–H and O–H groups in total. The van der Waals surface area contributed by atoms with E-state index in [1.807, 2.05) is 24.3 Å². The molecule has 2 rings (SSSR count). The maximum atomic E-state index is 12.2. The van der Waals surface area contributed by atoms with Crippen LogP contribution in [0, 0.1) is 5.92 Å². The van der Waals surface area contributed by atoms with Crippen molar-refractivity contribution in [2.45, 2.75) is 23.6 Å². The Morgan fingerprint density at radius 2 is 1.79 bits per heavy atom. The van der Waals surface area contributed by atoms with Gasteiger partial charge in [-0.2, -0.15) is 0 Å². The summed E-state index contributed by atoms with van der Waals surface area (Å²) < 4.78 is 17.1. The Morgan fingerprint density at radius 3 is 2.33 bits per heavy atom. The summed E-state index contributed by atoms with van der Waals surface area (Å²) in [4.78, 5) is 28.9. The third kappa shape index (κ3) is 4.46. The molecule has 0 saturated heterocycles. The number of carbonyl (C=O) groups is 2. The lowest BCUT2D eigenvalue weighted by molar-refractivity contribution is -0.165. The lowest BCUT2D eigenvalue weighted by Crippen LogP contribution is -2.37. The summed E-state index contributed by atoms with van der Waals surface area (Å²) in [7, 11) is 1.44. The smallest absolute Gasteiger partial charge is 0.323 e. The zero-order chi connectivity index (χ0) is 17.5. The van der Waals surface area contributed by atoms with Crippen LogP contribution in [0.25, 0.3) is 10.2 Å². The molecule has 0 radical (unpaired) electrons. The summed E-state index contributed by atoms with van der Waals surface area (Å²) in [6.45, 7) is 3.72. The van der Waals surface area contributed by atoms with E-state index in [0.29, 0.717) is 4.34 Å². The minimum Gasteiger partial charge on any atom is -0.465 e. The summed E-state index contributed by atoms with van der Waals surface area (Å²) in [6, 6.07) is 7.71. The largest absolute Gasteiger partial charge is 0.465 e. The molecule has 1 heterocycles. The second-order valence-corrected chi connectivity index (χ2v) is 7.03. The first-order valence-electron chi connectivity index (χ1n) is 7.49. The van der Waals surface area contributed by atoms with Crippen molar-refractivity contribution in [3.05, 3.63) is 24.3 Å². The van der Waals surface area contributed by atoms with E-state index < -0.39 is 23.3 Å². The van der Waals surface area contributed by atoms with Gasteiger partial charge in [0.25, 0.3) is 0 Å². The number of rotatable bonds is 8. The van der Waals surface area contributed by atoms with Gasteiger partial charge in [0.2, 0.25) is 0 Å². The van der Waals surface area contributed by atoms with Crippen molar-refractivity contribution in [2.75, 3.05) is 20.3 Å². The first-order chi connectivity index (χ1) is 11.6. The lowest BCUT2D eigenvalue weighted by Gasteiger charge is -2.21. The van der Waals surface area contributed by atoms with E-state index >= 15 is 0 Å². The maximum absolute atomic E-state index is 12.2. The van der Waals surface area contributed by atoms with E-state index in [0.717, 1.165) is 10.2 Å². The molecule has 8 heteroatoms. The van der Waals surface area contributed by atoms with E-state index in [1.165, 1.54) is 30.2 Å². The first-order valence-corrected chi connectivity index (χ1v) is 9.18. The molecule has 130 valence electrons. The van der Waals surface area contributed by atoms with Crippen molar-refractivity contribution < 1.29 is 23.8 Å². The summed E-state index contributed by atoms with van der Waals surface area (Å²) in [5.41, 5.74) is 0.0901. The van der Waals surface area contributed by atoms with Crippen LogP contribution in [-0.4, -0.2) is 42.7 Å². The summed E-state index contributed by atoms with van der Waals surface area (Å²) in [5, 5.41) is 0. The number of fused-ring (bicyclic) bond motifs is 1. The van der Waals surface area contributed by atoms with Gasteiger partial charge in [-0.15, -0.1) is 11.3 Å². The average molecular weight is 369 g/mol. The minimum absolute atomic E-state index is 0.178. The third-order valence-corrected chi connectivity index (χ3v) is 5.44. The molecule has 0 spiro atoms. The second-order valence-electron chi connectivity index (χ2n) is 4.65. The van der Waals surface area contributed by atoms with Crippen LogP contribution in [0.2, 0.25) is 0 Å².